The van der Waals surface area contributed by atoms with Crippen LogP contribution < -0.4 is 16.4 Å². The Morgan fingerprint density at radius 1 is 1.45 bits per heavy atom. The van der Waals surface area contributed by atoms with Crippen LogP contribution >= 0.6 is 11.6 Å². The Morgan fingerprint density at radius 2 is 2.20 bits per heavy atom. The van der Waals surface area contributed by atoms with Gasteiger partial charge >= 0.3 is 0 Å². The van der Waals surface area contributed by atoms with Crippen molar-refractivity contribution in [1.82, 2.24) is 15.6 Å². The van der Waals surface area contributed by atoms with E-state index in [9.17, 15) is 9.59 Å². The third-order valence-electron chi connectivity index (χ3n) is 2.91. The van der Waals surface area contributed by atoms with Crippen molar-refractivity contribution in [2.24, 2.45) is 0 Å². The average Bonchev–Trinajstić information content (AvgIpc) is 3.21. The summed E-state index contributed by atoms with van der Waals surface area (Å²) in [5.74, 6) is -0.303. The van der Waals surface area contributed by atoms with Gasteiger partial charge in [-0.3, -0.25) is 9.59 Å². The molecule has 1 heterocycles. The third-order valence-corrected chi connectivity index (χ3v) is 3.21. The topological polar surface area (TPSA) is 97.1 Å². The Balaban J connectivity index is 1.71. The zero-order valence-electron chi connectivity index (χ0n) is 11.0. The van der Waals surface area contributed by atoms with E-state index in [1.807, 2.05) is 0 Å². The van der Waals surface area contributed by atoms with E-state index < -0.39 is 0 Å². The van der Waals surface area contributed by atoms with Crippen LogP contribution in [-0.4, -0.2) is 29.4 Å². The average molecular weight is 297 g/mol. The van der Waals surface area contributed by atoms with Crippen molar-refractivity contribution in [3.8, 4) is 0 Å². The van der Waals surface area contributed by atoms with Gasteiger partial charge in [0.1, 0.15) is 5.15 Å². The van der Waals surface area contributed by atoms with E-state index >= 15 is 0 Å². The second-order valence-corrected chi connectivity index (χ2v) is 5.17. The number of nitrogens with one attached hydrogen (secondary N) is 2. The van der Waals surface area contributed by atoms with Crippen molar-refractivity contribution < 1.29 is 9.59 Å². The number of nitrogens with two attached hydrogens (primary N) is 1. The van der Waals surface area contributed by atoms with Gasteiger partial charge in [-0.25, -0.2) is 4.98 Å². The molecule has 1 aliphatic carbocycles. The van der Waals surface area contributed by atoms with Crippen LogP contribution in [0.2, 0.25) is 5.15 Å². The lowest BCUT2D eigenvalue weighted by Gasteiger charge is -2.07. The van der Waals surface area contributed by atoms with Gasteiger partial charge in [-0.1, -0.05) is 11.6 Å². The highest BCUT2D eigenvalue weighted by atomic mass is 35.5. The van der Waals surface area contributed by atoms with Gasteiger partial charge in [0.2, 0.25) is 5.91 Å². The number of aromatic nitrogens is 1. The number of nitrogens with zero attached hydrogens (tertiary/aromatic N) is 1. The molecule has 2 rings (SSSR count). The van der Waals surface area contributed by atoms with Gasteiger partial charge in [0.25, 0.3) is 5.91 Å². The first-order valence-electron chi connectivity index (χ1n) is 6.55. The lowest BCUT2D eigenvalue weighted by atomic mass is 10.2. The van der Waals surface area contributed by atoms with Crippen LogP contribution in [0.1, 0.15) is 36.0 Å². The van der Waals surface area contributed by atoms with Crippen molar-refractivity contribution in [2.45, 2.75) is 31.7 Å². The van der Waals surface area contributed by atoms with Crippen LogP contribution in [0.15, 0.2) is 12.3 Å². The minimum Gasteiger partial charge on any atom is -0.397 e. The lowest BCUT2D eigenvalue weighted by Crippen LogP contribution is -2.28. The van der Waals surface area contributed by atoms with Gasteiger partial charge in [-0.05, 0) is 25.3 Å². The zero-order valence-corrected chi connectivity index (χ0v) is 11.7. The maximum Gasteiger partial charge on any atom is 0.254 e. The second-order valence-electron chi connectivity index (χ2n) is 4.81. The highest BCUT2D eigenvalue weighted by Crippen LogP contribution is 2.18. The number of anilines is 1. The van der Waals surface area contributed by atoms with E-state index in [1.54, 1.807) is 0 Å². The number of hydrogen-bond acceptors (Lipinski definition) is 4. The van der Waals surface area contributed by atoms with Crippen molar-refractivity contribution in [3.63, 3.8) is 0 Å². The molecule has 0 atom stereocenters. The minimum absolute atomic E-state index is 0.0328. The van der Waals surface area contributed by atoms with Crippen LogP contribution in [0.4, 0.5) is 5.69 Å². The summed E-state index contributed by atoms with van der Waals surface area (Å²) in [7, 11) is 0. The molecule has 0 radical (unpaired) electrons. The van der Waals surface area contributed by atoms with Crippen LogP contribution in [-0.2, 0) is 4.79 Å². The summed E-state index contributed by atoms with van der Waals surface area (Å²) < 4.78 is 0. The predicted molar refractivity (Wildman–Crippen MR) is 76.4 cm³/mol. The molecule has 0 spiro atoms. The number of carbonyl (C=O) groups excluding carboxylic acids is 2. The molecule has 1 aromatic rings. The van der Waals surface area contributed by atoms with E-state index in [0.29, 0.717) is 31.1 Å². The fourth-order valence-electron chi connectivity index (χ4n) is 1.70. The second kappa shape index (κ2) is 6.56. The minimum atomic E-state index is -0.336. The Hall–Kier alpha value is -1.82. The first-order valence-corrected chi connectivity index (χ1v) is 6.92. The first kappa shape index (κ1) is 14.6. The summed E-state index contributed by atoms with van der Waals surface area (Å²) in [5, 5.41) is 5.70. The van der Waals surface area contributed by atoms with Gasteiger partial charge in [-0.2, -0.15) is 0 Å². The van der Waals surface area contributed by atoms with Crippen LogP contribution in [0, 0.1) is 0 Å². The largest absolute Gasteiger partial charge is 0.397 e. The molecule has 1 aliphatic rings. The molecule has 0 unspecified atom stereocenters. The summed E-state index contributed by atoms with van der Waals surface area (Å²) in [6.45, 7) is 0.405. The molecule has 0 saturated heterocycles. The maximum absolute atomic E-state index is 11.9. The monoisotopic (exact) mass is 296 g/mol. The number of carbonyl (C=O) groups is 2. The fraction of sp³-hybridized carbons (Fsp3) is 0.462. The van der Waals surface area contributed by atoms with Gasteiger partial charge in [-0.15, -0.1) is 0 Å². The standard InChI is InChI=1S/C13H17ClN4O2/c14-12-10(6-8(15)7-17-12)13(20)16-5-1-2-11(19)18-9-3-4-9/h6-7,9H,1-5,15H2,(H,16,20)(H,18,19). The van der Waals surface area contributed by atoms with E-state index in [2.05, 4.69) is 15.6 Å². The Labute approximate surface area is 122 Å². The first-order chi connectivity index (χ1) is 9.56. The molecular formula is C13H17ClN4O2. The Morgan fingerprint density at radius 3 is 2.90 bits per heavy atom. The van der Waals surface area contributed by atoms with E-state index in [1.165, 1.54) is 12.3 Å². The van der Waals surface area contributed by atoms with Crippen molar-refractivity contribution >= 4 is 29.1 Å². The number of nitrogen functional groups attached to an aromatic ring is 1. The molecule has 0 bridgehead atoms. The smallest absolute Gasteiger partial charge is 0.254 e. The zero-order chi connectivity index (χ0) is 14.5. The fourth-order valence-corrected chi connectivity index (χ4v) is 1.89. The summed E-state index contributed by atoms with van der Waals surface area (Å²) in [4.78, 5) is 27.1. The third kappa shape index (κ3) is 4.38. The number of hydrogen-bond donors (Lipinski definition) is 3. The number of pyridine rings is 1. The molecule has 4 N–H and O–H groups in total. The normalized spacial score (nSPS) is 13.8. The van der Waals surface area contributed by atoms with E-state index in [-0.39, 0.29) is 22.5 Å². The van der Waals surface area contributed by atoms with E-state index in [4.69, 9.17) is 17.3 Å². The van der Waals surface area contributed by atoms with E-state index in [0.717, 1.165) is 12.8 Å². The SMILES string of the molecule is Nc1cnc(Cl)c(C(=O)NCCCC(=O)NC2CC2)c1. The van der Waals surface area contributed by atoms with Gasteiger partial charge in [0.05, 0.1) is 17.4 Å². The molecule has 1 fully saturated rings. The number of amides is 2. The van der Waals surface area contributed by atoms with Gasteiger partial charge in [0, 0.05) is 19.0 Å². The Bertz CT molecular complexity index is 517. The summed E-state index contributed by atoms with van der Waals surface area (Å²) in [5.41, 5.74) is 6.18. The summed E-state index contributed by atoms with van der Waals surface area (Å²) in [6, 6.07) is 1.85. The molecule has 0 aliphatic heterocycles. The molecule has 6 nitrogen and oxygen atoms in total. The van der Waals surface area contributed by atoms with Crippen LogP contribution in [0.5, 0.6) is 0 Å². The molecule has 1 saturated carbocycles. The molecular weight excluding hydrogens is 280 g/mol. The predicted octanol–water partition coefficient (Wildman–Crippen LogP) is 1.11. The summed E-state index contributed by atoms with van der Waals surface area (Å²) >= 11 is 5.83. The quantitative estimate of drug-likeness (QED) is 0.541. The highest BCUT2D eigenvalue weighted by Gasteiger charge is 2.22. The van der Waals surface area contributed by atoms with Crippen molar-refractivity contribution in [2.75, 3.05) is 12.3 Å². The Kier molecular flexibility index (Phi) is 4.79. The van der Waals surface area contributed by atoms with Crippen LogP contribution in [0.3, 0.4) is 0 Å². The molecule has 20 heavy (non-hydrogen) atoms. The van der Waals surface area contributed by atoms with Gasteiger partial charge < -0.3 is 16.4 Å². The molecule has 2 amide bonds. The number of halogens is 1. The van der Waals surface area contributed by atoms with Gasteiger partial charge in [0.15, 0.2) is 0 Å². The number of rotatable bonds is 6. The summed E-state index contributed by atoms with van der Waals surface area (Å²) in [6.07, 6.45) is 4.52. The van der Waals surface area contributed by atoms with Crippen molar-refractivity contribution in [3.05, 3.63) is 23.0 Å². The van der Waals surface area contributed by atoms with Crippen LogP contribution in [0.25, 0.3) is 0 Å². The molecule has 7 heteroatoms. The molecule has 1 aromatic heterocycles. The highest BCUT2D eigenvalue weighted by molar-refractivity contribution is 6.32. The van der Waals surface area contributed by atoms with Crippen molar-refractivity contribution in [1.29, 1.82) is 0 Å². The molecule has 0 aromatic carbocycles. The maximum atomic E-state index is 11.9. The lowest BCUT2D eigenvalue weighted by molar-refractivity contribution is -0.121. The molecule has 108 valence electrons.